The number of hydrogen-bond acceptors (Lipinski definition) is 2. The zero-order valence-corrected chi connectivity index (χ0v) is 14.2. The molecule has 0 bridgehead atoms. The number of ketones is 1. The first-order chi connectivity index (χ1) is 11.7. The summed E-state index contributed by atoms with van der Waals surface area (Å²) in [5.74, 6) is -0.0916. The normalized spacial score (nSPS) is 27.6. The number of alkyl halides is 6. The van der Waals surface area contributed by atoms with Crippen molar-refractivity contribution < 1.29 is 36.2 Å². The zero-order valence-electron chi connectivity index (χ0n) is 14.2. The van der Waals surface area contributed by atoms with Gasteiger partial charge in [-0.15, -0.1) is 0 Å². The van der Waals surface area contributed by atoms with Gasteiger partial charge in [0, 0.05) is 17.8 Å². The van der Waals surface area contributed by atoms with Crippen LogP contribution in [0, 0.1) is 11.3 Å². The molecule has 1 N–H and O–H groups in total. The van der Waals surface area contributed by atoms with Crippen molar-refractivity contribution in [2.24, 2.45) is 11.3 Å². The Hall–Kier alpha value is -1.57. The third-order valence-corrected chi connectivity index (χ3v) is 5.42. The molecule has 0 aromatic heterocycles. The SMILES string of the molecule is C=C(C/C=C\C(O)(C(F)(F)F)C(F)(F)F)C1=CC[C@H]2C(=O)CCC[C@]12C. The van der Waals surface area contributed by atoms with E-state index >= 15 is 0 Å². The van der Waals surface area contributed by atoms with E-state index in [1.54, 1.807) is 6.08 Å². The summed E-state index contributed by atoms with van der Waals surface area (Å²) in [6, 6.07) is 0. The molecular formula is C18H20F6O2. The van der Waals surface area contributed by atoms with Crippen molar-refractivity contribution >= 4 is 5.78 Å². The second kappa shape index (κ2) is 6.55. The average Bonchev–Trinajstić information content (AvgIpc) is 2.83. The molecule has 0 aromatic rings. The second-order valence-corrected chi connectivity index (χ2v) is 7.12. The molecule has 0 saturated heterocycles. The Morgan fingerprint density at radius 1 is 1.31 bits per heavy atom. The fraction of sp³-hybridized carbons (Fsp3) is 0.611. The Morgan fingerprint density at radius 2 is 1.88 bits per heavy atom. The van der Waals surface area contributed by atoms with E-state index in [0.29, 0.717) is 42.9 Å². The molecule has 0 amide bonds. The van der Waals surface area contributed by atoms with E-state index < -0.39 is 23.4 Å². The van der Waals surface area contributed by atoms with Crippen LogP contribution in [-0.4, -0.2) is 28.8 Å². The molecule has 1 fully saturated rings. The molecule has 8 heteroatoms. The Kier molecular flexibility index (Phi) is 5.22. The molecule has 26 heavy (non-hydrogen) atoms. The van der Waals surface area contributed by atoms with Crippen LogP contribution in [0.5, 0.6) is 0 Å². The molecule has 2 rings (SSSR count). The summed E-state index contributed by atoms with van der Waals surface area (Å²) < 4.78 is 76.0. The first kappa shape index (κ1) is 20.7. The fourth-order valence-electron chi connectivity index (χ4n) is 3.90. The van der Waals surface area contributed by atoms with Crippen LogP contribution in [0.15, 0.2) is 36.0 Å². The number of halogens is 6. The van der Waals surface area contributed by atoms with Gasteiger partial charge in [0.25, 0.3) is 5.60 Å². The number of hydrogen-bond donors (Lipinski definition) is 1. The topological polar surface area (TPSA) is 37.3 Å². The van der Waals surface area contributed by atoms with E-state index in [1.807, 2.05) is 6.92 Å². The third kappa shape index (κ3) is 3.35. The van der Waals surface area contributed by atoms with E-state index in [2.05, 4.69) is 6.58 Å². The Balaban J connectivity index is 2.16. The van der Waals surface area contributed by atoms with Crippen molar-refractivity contribution in [2.45, 2.75) is 57.0 Å². The summed E-state index contributed by atoms with van der Waals surface area (Å²) in [5, 5.41) is 9.11. The van der Waals surface area contributed by atoms with Crippen LogP contribution in [0.25, 0.3) is 0 Å². The maximum Gasteiger partial charge on any atom is 0.429 e. The number of allylic oxidation sites excluding steroid dienone is 4. The highest BCUT2D eigenvalue weighted by Crippen LogP contribution is 2.53. The van der Waals surface area contributed by atoms with Crippen molar-refractivity contribution in [2.75, 3.05) is 0 Å². The average molecular weight is 382 g/mol. The number of carbonyl (C=O) groups is 1. The molecule has 146 valence electrons. The number of Topliss-reactive ketones (excluding diaryl/α,β-unsaturated/α-hetero) is 1. The van der Waals surface area contributed by atoms with E-state index in [4.69, 9.17) is 5.11 Å². The molecule has 1 saturated carbocycles. The van der Waals surface area contributed by atoms with Gasteiger partial charge in [-0.25, -0.2) is 0 Å². The fourth-order valence-corrected chi connectivity index (χ4v) is 3.90. The lowest BCUT2D eigenvalue weighted by Gasteiger charge is -2.38. The molecule has 2 nitrogen and oxygen atoms in total. The van der Waals surface area contributed by atoms with Crippen molar-refractivity contribution in [1.82, 2.24) is 0 Å². The van der Waals surface area contributed by atoms with E-state index in [9.17, 15) is 31.1 Å². The van der Waals surface area contributed by atoms with Gasteiger partial charge in [-0.05, 0) is 42.9 Å². The standard InChI is InChI=1S/C18H20F6O2/c1-11(5-3-10-16(26,17(19,20)21)18(22,23)24)12-7-8-13-14(25)6-4-9-15(12,13)2/h3,7,10,13,26H,1,4-6,8-9H2,2H3/b10-3-/t13-,15+/m0/s1. The first-order valence-corrected chi connectivity index (χ1v) is 8.19. The summed E-state index contributed by atoms with van der Waals surface area (Å²) in [6.07, 6.45) is -7.52. The van der Waals surface area contributed by atoms with Crippen molar-refractivity contribution in [3.05, 3.63) is 36.0 Å². The number of fused-ring (bicyclic) bond motifs is 1. The smallest absolute Gasteiger partial charge is 0.370 e. The quantitative estimate of drug-likeness (QED) is 0.546. The molecular weight excluding hydrogens is 362 g/mol. The van der Waals surface area contributed by atoms with Crippen molar-refractivity contribution in [3.8, 4) is 0 Å². The van der Waals surface area contributed by atoms with Gasteiger partial charge in [0.15, 0.2) is 0 Å². The lowest BCUT2D eigenvalue weighted by atomic mass is 9.64. The second-order valence-electron chi connectivity index (χ2n) is 7.12. The van der Waals surface area contributed by atoms with Crippen LogP contribution in [0.3, 0.4) is 0 Å². The van der Waals surface area contributed by atoms with Gasteiger partial charge in [-0.1, -0.05) is 25.7 Å². The highest BCUT2D eigenvalue weighted by Gasteiger charge is 2.68. The van der Waals surface area contributed by atoms with Crippen molar-refractivity contribution in [1.29, 1.82) is 0 Å². The predicted molar refractivity (Wildman–Crippen MR) is 83.1 cm³/mol. The minimum absolute atomic E-state index is 0.122. The lowest BCUT2D eigenvalue weighted by molar-refractivity contribution is -0.347. The number of rotatable bonds is 4. The molecule has 0 spiro atoms. The Bertz CT molecular complexity index is 642. The number of aliphatic hydroxyl groups is 1. The lowest BCUT2D eigenvalue weighted by Crippen LogP contribution is -2.55. The molecule has 2 aliphatic rings. The highest BCUT2D eigenvalue weighted by molar-refractivity contribution is 5.84. The van der Waals surface area contributed by atoms with Crippen LogP contribution in [0.1, 0.15) is 39.0 Å². The Labute approximate surface area is 147 Å². The monoisotopic (exact) mass is 382 g/mol. The number of carbonyl (C=O) groups excluding carboxylic acids is 1. The highest BCUT2D eigenvalue weighted by atomic mass is 19.4. The van der Waals surface area contributed by atoms with Crippen molar-refractivity contribution in [3.63, 3.8) is 0 Å². The molecule has 0 radical (unpaired) electrons. The molecule has 0 aromatic carbocycles. The van der Waals surface area contributed by atoms with Crippen LogP contribution >= 0.6 is 0 Å². The van der Waals surface area contributed by atoms with Gasteiger partial charge < -0.3 is 5.11 Å². The summed E-state index contributed by atoms with van der Waals surface area (Å²) >= 11 is 0. The summed E-state index contributed by atoms with van der Waals surface area (Å²) in [7, 11) is 0. The molecule has 0 heterocycles. The molecule has 2 atom stereocenters. The van der Waals surface area contributed by atoms with Crippen LogP contribution in [-0.2, 0) is 4.79 Å². The van der Waals surface area contributed by atoms with Gasteiger partial charge in [-0.2, -0.15) is 26.3 Å². The van der Waals surface area contributed by atoms with Gasteiger partial charge >= 0.3 is 12.4 Å². The maximum absolute atomic E-state index is 12.7. The summed E-state index contributed by atoms with van der Waals surface area (Å²) in [6.45, 7) is 5.65. The Morgan fingerprint density at radius 3 is 2.42 bits per heavy atom. The maximum atomic E-state index is 12.7. The minimum Gasteiger partial charge on any atom is -0.370 e. The van der Waals surface area contributed by atoms with Gasteiger partial charge in [0.2, 0.25) is 0 Å². The van der Waals surface area contributed by atoms with Crippen LogP contribution in [0.2, 0.25) is 0 Å². The van der Waals surface area contributed by atoms with Crippen LogP contribution < -0.4 is 0 Å². The van der Waals surface area contributed by atoms with E-state index in [0.717, 1.165) is 0 Å². The first-order valence-electron chi connectivity index (χ1n) is 8.19. The third-order valence-electron chi connectivity index (χ3n) is 5.42. The van der Waals surface area contributed by atoms with Crippen LogP contribution in [0.4, 0.5) is 26.3 Å². The van der Waals surface area contributed by atoms with Gasteiger partial charge in [0.1, 0.15) is 5.78 Å². The van der Waals surface area contributed by atoms with Gasteiger partial charge in [-0.3, -0.25) is 4.79 Å². The molecule has 0 unspecified atom stereocenters. The molecule has 0 aliphatic heterocycles. The van der Waals surface area contributed by atoms with E-state index in [-0.39, 0.29) is 24.2 Å². The predicted octanol–water partition coefficient (Wildman–Crippen LogP) is 5.05. The minimum atomic E-state index is -5.89. The van der Waals surface area contributed by atoms with E-state index in [1.165, 1.54) is 0 Å². The summed E-state index contributed by atoms with van der Waals surface area (Å²) in [4.78, 5) is 12.1. The molecule has 2 aliphatic carbocycles. The zero-order chi connectivity index (χ0) is 20.0. The summed E-state index contributed by atoms with van der Waals surface area (Å²) in [5.41, 5.74) is -4.32. The van der Waals surface area contributed by atoms with Gasteiger partial charge in [0.05, 0.1) is 0 Å². The largest absolute Gasteiger partial charge is 0.429 e.